The molecule has 0 fully saturated rings. The van der Waals surface area contributed by atoms with Crippen molar-refractivity contribution in [3.63, 3.8) is 0 Å². The van der Waals surface area contributed by atoms with Crippen LogP contribution in [0.4, 0.5) is 4.79 Å². The molecule has 7 nitrogen and oxygen atoms in total. The smallest absolute Gasteiger partial charge is 0.410 e. The summed E-state index contributed by atoms with van der Waals surface area (Å²) in [5.74, 6) is -2.30. The Morgan fingerprint density at radius 2 is 1.75 bits per heavy atom. The lowest BCUT2D eigenvalue weighted by Crippen LogP contribution is -2.45. The average molecular weight is 233 g/mol. The van der Waals surface area contributed by atoms with Crippen molar-refractivity contribution in [1.29, 1.82) is 0 Å². The molecule has 92 valence electrons. The zero-order valence-corrected chi connectivity index (χ0v) is 9.57. The molecule has 0 aliphatic rings. The molecule has 0 aromatic rings. The van der Waals surface area contributed by atoms with Gasteiger partial charge in [-0.15, -0.1) is 0 Å². The van der Waals surface area contributed by atoms with Crippen molar-refractivity contribution in [2.75, 3.05) is 0 Å². The van der Waals surface area contributed by atoms with Crippen LogP contribution >= 0.6 is 0 Å². The predicted molar refractivity (Wildman–Crippen MR) is 52.6 cm³/mol. The summed E-state index contributed by atoms with van der Waals surface area (Å²) in [4.78, 5) is 32.3. The number of hydrogen-bond acceptors (Lipinski definition) is 5. The number of nitrogens with one attached hydrogen (secondary N) is 1. The van der Waals surface area contributed by atoms with Gasteiger partial charge < -0.3 is 14.6 Å². The van der Waals surface area contributed by atoms with E-state index in [1.165, 1.54) is 0 Å². The van der Waals surface area contributed by atoms with Crippen LogP contribution < -0.4 is 5.32 Å². The SMILES string of the molecule is CC(=O)OC(NC(=O)OC(C)(C)C)C(=O)O. The maximum absolute atomic E-state index is 11.2. The summed E-state index contributed by atoms with van der Waals surface area (Å²) >= 11 is 0. The Bertz CT molecular complexity index is 293. The van der Waals surface area contributed by atoms with Crippen LogP contribution in [0, 0.1) is 0 Å². The van der Waals surface area contributed by atoms with Crippen molar-refractivity contribution in [1.82, 2.24) is 5.32 Å². The molecule has 0 aromatic heterocycles. The van der Waals surface area contributed by atoms with Gasteiger partial charge in [-0.2, -0.15) is 0 Å². The highest BCUT2D eigenvalue weighted by Gasteiger charge is 2.25. The molecule has 0 rings (SSSR count). The fraction of sp³-hybridized carbons (Fsp3) is 0.667. The molecule has 0 saturated heterocycles. The van der Waals surface area contributed by atoms with E-state index in [9.17, 15) is 14.4 Å². The quantitative estimate of drug-likeness (QED) is 0.543. The number of carbonyl (C=O) groups excluding carboxylic acids is 2. The minimum absolute atomic E-state index is 0.761. The van der Waals surface area contributed by atoms with Crippen molar-refractivity contribution >= 4 is 18.0 Å². The number of ether oxygens (including phenoxy) is 2. The fourth-order valence-electron chi connectivity index (χ4n) is 0.722. The number of rotatable bonds is 3. The van der Waals surface area contributed by atoms with Gasteiger partial charge in [-0.3, -0.25) is 10.1 Å². The lowest BCUT2D eigenvalue weighted by atomic mass is 10.2. The molecule has 0 radical (unpaired) electrons. The first kappa shape index (κ1) is 14.2. The Kier molecular flexibility index (Phi) is 4.74. The Labute approximate surface area is 92.7 Å². The summed E-state index contributed by atoms with van der Waals surface area (Å²) in [7, 11) is 0. The first-order chi connectivity index (χ1) is 7.11. The van der Waals surface area contributed by atoms with Crippen LogP contribution in [0.15, 0.2) is 0 Å². The van der Waals surface area contributed by atoms with Crippen LogP contribution in [-0.2, 0) is 19.1 Å². The molecular formula is C9H15NO6. The summed E-state index contributed by atoms with van der Waals surface area (Å²) in [5.41, 5.74) is -0.761. The summed E-state index contributed by atoms with van der Waals surface area (Å²) in [6, 6.07) is 0. The van der Waals surface area contributed by atoms with Crippen molar-refractivity contribution in [3.05, 3.63) is 0 Å². The van der Waals surface area contributed by atoms with E-state index >= 15 is 0 Å². The van der Waals surface area contributed by atoms with Gasteiger partial charge in [-0.05, 0) is 20.8 Å². The van der Waals surface area contributed by atoms with Gasteiger partial charge in [0.25, 0.3) is 6.23 Å². The highest BCUT2D eigenvalue weighted by atomic mass is 16.6. The van der Waals surface area contributed by atoms with E-state index in [1.807, 2.05) is 5.32 Å². The molecule has 16 heavy (non-hydrogen) atoms. The van der Waals surface area contributed by atoms with Gasteiger partial charge in [-0.1, -0.05) is 0 Å². The summed E-state index contributed by atoms with van der Waals surface area (Å²) < 4.78 is 9.14. The maximum atomic E-state index is 11.2. The second-order valence-corrected chi connectivity index (χ2v) is 3.97. The van der Waals surface area contributed by atoms with Crippen LogP contribution in [0.2, 0.25) is 0 Å². The highest BCUT2D eigenvalue weighted by molar-refractivity contribution is 5.81. The standard InChI is InChI=1S/C9H15NO6/c1-5(11)15-6(7(12)13)10-8(14)16-9(2,3)4/h6H,1-4H3,(H,10,14)(H,12,13). The Hall–Kier alpha value is -1.79. The van der Waals surface area contributed by atoms with Gasteiger partial charge in [0, 0.05) is 6.92 Å². The van der Waals surface area contributed by atoms with Crippen LogP contribution in [0.3, 0.4) is 0 Å². The minimum atomic E-state index is -1.74. The minimum Gasteiger partial charge on any atom is -0.477 e. The molecule has 1 unspecified atom stereocenters. The van der Waals surface area contributed by atoms with Gasteiger partial charge >= 0.3 is 18.0 Å². The van der Waals surface area contributed by atoms with Crippen LogP contribution in [-0.4, -0.2) is 35.0 Å². The number of carboxylic acids is 1. The van der Waals surface area contributed by atoms with Crippen LogP contribution in [0.5, 0.6) is 0 Å². The van der Waals surface area contributed by atoms with Gasteiger partial charge in [0.1, 0.15) is 5.60 Å². The molecule has 0 bridgehead atoms. The Morgan fingerprint density at radius 3 is 2.06 bits per heavy atom. The molecule has 0 saturated carbocycles. The highest BCUT2D eigenvalue weighted by Crippen LogP contribution is 2.06. The van der Waals surface area contributed by atoms with Crippen molar-refractivity contribution in [3.8, 4) is 0 Å². The van der Waals surface area contributed by atoms with Crippen LogP contribution in [0.25, 0.3) is 0 Å². The number of esters is 1. The topological polar surface area (TPSA) is 102 Å². The second kappa shape index (κ2) is 5.34. The van der Waals surface area contributed by atoms with Gasteiger partial charge in [-0.25, -0.2) is 9.59 Å². The molecule has 7 heteroatoms. The van der Waals surface area contributed by atoms with Gasteiger partial charge in [0.05, 0.1) is 0 Å². The fourth-order valence-corrected chi connectivity index (χ4v) is 0.722. The lowest BCUT2D eigenvalue weighted by molar-refractivity contribution is -0.164. The van der Waals surface area contributed by atoms with E-state index in [0.717, 1.165) is 6.92 Å². The Morgan fingerprint density at radius 1 is 1.25 bits per heavy atom. The largest absolute Gasteiger partial charge is 0.477 e. The molecule has 0 aliphatic heterocycles. The molecule has 0 aliphatic carbocycles. The van der Waals surface area contributed by atoms with E-state index < -0.39 is 29.9 Å². The Balaban J connectivity index is 4.35. The normalized spacial score (nSPS) is 12.5. The first-order valence-electron chi connectivity index (χ1n) is 4.51. The molecule has 0 aromatic carbocycles. The number of alkyl carbamates (subject to hydrolysis) is 1. The van der Waals surface area contributed by atoms with Gasteiger partial charge in [0.2, 0.25) is 0 Å². The number of hydrogen-bond donors (Lipinski definition) is 2. The first-order valence-corrected chi connectivity index (χ1v) is 4.51. The van der Waals surface area contributed by atoms with Crippen LogP contribution in [0.1, 0.15) is 27.7 Å². The molecule has 2 N–H and O–H groups in total. The molecule has 1 amide bonds. The summed E-state index contributed by atoms with van der Waals surface area (Å²) in [6.07, 6.45) is -2.71. The molecule has 0 spiro atoms. The third kappa shape index (κ3) is 6.63. The monoisotopic (exact) mass is 233 g/mol. The van der Waals surface area contributed by atoms with E-state index in [1.54, 1.807) is 20.8 Å². The average Bonchev–Trinajstić information content (AvgIpc) is 1.97. The zero-order valence-electron chi connectivity index (χ0n) is 9.57. The number of carbonyl (C=O) groups is 3. The van der Waals surface area contributed by atoms with Crippen molar-refractivity contribution in [2.45, 2.75) is 39.5 Å². The summed E-state index contributed by atoms with van der Waals surface area (Å²) in [6.45, 7) is 5.89. The summed E-state index contributed by atoms with van der Waals surface area (Å²) in [5, 5.41) is 10.5. The number of amides is 1. The van der Waals surface area contributed by atoms with E-state index in [2.05, 4.69) is 4.74 Å². The lowest BCUT2D eigenvalue weighted by Gasteiger charge is -2.21. The third-order valence-corrected chi connectivity index (χ3v) is 1.16. The van der Waals surface area contributed by atoms with E-state index in [0.29, 0.717) is 0 Å². The maximum Gasteiger partial charge on any atom is 0.410 e. The van der Waals surface area contributed by atoms with E-state index in [-0.39, 0.29) is 0 Å². The number of aliphatic carboxylic acids is 1. The predicted octanol–water partition coefficient (Wildman–Crippen LogP) is 0.485. The number of carboxylic acid groups (broad SMARTS) is 1. The van der Waals surface area contributed by atoms with Crippen molar-refractivity contribution in [2.24, 2.45) is 0 Å². The molecule has 1 atom stereocenters. The molecular weight excluding hydrogens is 218 g/mol. The third-order valence-electron chi connectivity index (χ3n) is 1.16. The van der Waals surface area contributed by atoms with Gasteiger partial charge in [0.15, 0.2) is 0 Å². The zero-order chi connectivity index (χ0) is 12.9. The van der Waals surface area contributed by atoms with E-state index in [4.69, 9.17) is 9.84 Å². The molecule has 0 heterocycles. The van der Waals surface area contributed by atoms with Crippen molar-refractivity contribution < 1.29 is 29.0 Å². The second-order valence-electron chi connectivity index (χ2n) is 3.97.